The Balaban J connectivity index is 1.77. The summed E-state index contributed by atoms with van der Waals surface area (Å²) in [6.45, 7) is 8.44. The van der Waals surface area contributed by atoms with Crippen LogP contribution in [0.5, 0.6) is 5.75 Å². The van der Waals surface area contributed by atoms with Gasteiger partial charge >= 0.3 is 0 Å². The van der Waals surface area contributed by atoms with Crippen molar-refractivity contribution in [2.24, 2.45) is 0 Å². The fourth-order valence-electron chi connectivity index (χ4n) is 2.80. The fourth-order valence-corrected chi connectivity index (χ4v) is 2.80. The first-order chi connectivity index (χ1) is 10.2. The molecule has 0 aliphatic carbocycles. The van der Waals surface area contributed by atoms with Gasteiger partial charge in [0, 0.05) is 19.1 Å². The third kappa shape index (κ3) is 5.30. The van der Waals surface area contributed by atoms with Gasteiger partial charge in [0.05, 0.1) is 12.7 Å². The van der Waals surface area contributed by atoms with Gasteiger partial charge in [0.1, 0.15) is 5.75 Å². The number of benzene rings is 1. The number of nitrogens with one attached hydrogen (secondary N) is 1. The van der Waals surface area contributed by atoms with Crippen LogP contribution >= 0.6 is 0 Å². The van der Waals surface area contributed by atoms with Gasteiger partial charge in [0.2, 0.25) is 0 Å². The number of β-amino-alcohol motifs (C(OH)–C–C–N with tert-alkyl or cyclic N) is 1. The molecule has 1 aromatic rings. The van der Waals surface area contributed by atoms with E-state index in [9.17, 15) is 5.11 Å². The van der Waals surface area contributed by atoms with E-state index in [0.717, 1.165) is 25.4 Å². The van der Waals surface area contributed by atoms with Crippen LogP contribution in [0.2, 0.25) is 0 Å². The zero-order valence-corrected chi connectivity index (χ0v) is 13.2. The second kappa shape index (κ2) is 8.37. The van der Waals surface area contributed by atoms with Crippen molar-refractivity contribution in [1.29, 1.82) is 0 Å². The molecule has 2 atom stereocenters. The molecular formula is C17H28N2O2. The number of aliphatic hydroxyl groups excluding tert-OH is 1. The molecule has 0 saturated carbocycles. The maximum absolute atomic E-state index is 10.1. The van der Waals surface area contributed by atoms with Crippen LogP contribution in [0.3, 0.4) is 0 Å². The number of rotatable bonds is 8. The molecule has 1 aliphatic rings. The third-order valence-corrected chi connectivity index (χ3v) is 4.00. The molecule has 1 saturated heterocycles. The Morgan fingerprint density at radius 1 is 1.33 bits per heavy atom. The molecule has 2 unspecified atom stereocenters. The molecule has 0 spiro atoms. The lowest BCUT2D eigenvalue weighted by atomic mass is 10.1. The molecular weight excluding hydrogens is 264 g/mol. The van der Waals surface area contributed by atoms with Gasteiger partial charge in [0.25, 0.3) is 0 Å². The van der Waals surface area contributed by atoms with Gasteiger partial charge in [-0.15, -0.1) is 0 Å². The van der Waals surface area contributed by atoms with Crippen molar-refractivity contribution in [2.45, 2.75) is 38.8 Å². The molecule has 21 heavy (non-hydrogen) atoms. The Morgan fingerprint density at radius 2 is 2.10 bits per heavy atom. The molecule has 0 bridgehead atoms. The predicted octanol–water partition coefficient (Wildman–Crippen LogP) is 2.19. The van der Waals surface area contributed by atoms with Crippen molar-refractivity contribution in [3.05, 3.63) is 29.8 Å². The lowest BCUT2D eigenvalue weighted by molar-refractivity contribution is 0.121. The van der Waals surface area contributed by atoms with Gasteiger partial charge in [0.15, 0.2) is 0 Å². The van der Waals surface area contributed by atoms with Gasteiger partial charge in [-0.25, -0.2) is 0 Å². The van der Waals surface area contributed by atoms with Crippen LogP contribution in [-0.2, 0) is 0 Å². The molecule has 0 amide bonds. The summed E-state index contributed by atoms with van der Waals surface area (Å²) in [5.41, 5.74) is 1.19. The van der Waals surface area contributed by atoms with Crippen LogP contribution in [0.15, 0.2) is 24.3 Å². The summed E-state index contributed by atoms with van der Waals surface area (Å²) in [6, 6.07) is 8.35. The van der Waals surface area contributed by atoms with Crippen molar-refractivity contribution in [2.75, 3.05) is 32.8 Å². The number of hydrogen-bond donors (Lipinski definition) is 2. The van der Waals surface area contributed by atoms with Crippen molar-refractivity contribution in [3.63, 3.8) is 0 Å². The van der Waals surface area contributed by atoms with E-state index in [-0.39, 0.29) is 12.1 Å². The molecule has 1 aliphatic heterocycles. The van der Waals surface area contributed by atoms with Crippen molar-refractivity contribution in [3.8, 4) is 5.75 Å². The summed E-state index contributed by atoms with van der Waals surface area (Å²) in [7, 11) is 0. The van der Waals surface area contributed by atoms with E-state index in [1.165, 1.54) is 18.4 Å². The standard InChI is InChI=1S/C17H28N2O2/c1-3-21-17-8-6-7-15(11-17)14(2)18-12-16(20)13-19-9-4-5-10-19/h6-8,11,14,16,18,20H,3-5,9-10,12-13H2,1-2H3. The highest BCUT2D eigenvalue weighted by atomic mass is 16.5. The molecule has 1 aromatic carbocycles. The second-order valence-electron chi connectivity index (χ2n) is 5.80. The van der Waals surface area contributed by atoms with E-state index < -0.39 is 0 Å². The number of nitrogens with zero attached hydrogens (tertiary/aromatic N) is 1. The van der Waals surface area contributed by atoms with E-state index in [4.69, 9.17) is 4.74 Å². The van der Waals surface area contributed by atoms with Crippen LogP contribution in [0.25, 0.3) is 0 Å². The quantitative estimate of drug-likeness (QED) is 0.771. The van der Waals surface area contributed by atoms with Crippen LogP contribution < -0.4 is 10.1 Å². The Kier molecular flexibility index (Phi) is 6.49. The van der Waals surface area contributed by atoms with Crippen LogP contribution in [0.1, 0.15) is 38.3 Å². The van der Waals surface area contributed by atoms with E-state index >= 15 is 0 Å². The van der Waals surface area contributed by atoms with Gasteiger partial charge in [-0.2, -0.15) is 0 Å². The summed E-state index contributed by atoms with van der Waals surface area (Å²) in [5.74, 6) is 0.904. The molecule has 1 fully saturated rings. The highest BCUT2D eigenvalue weighted by molar-refractivity contribution is 5.30. The average molecular weight is 292 g/mol. The monoisotopic (exact) mass is 292 g/mol. The first-order valence-corrected chi connectivity index (χ1v) is 8.05. The van der Waals surface area contributed by atoms with Gasteiger partial charge < -0.3 is 20.1 Å². The van der Waals surface area contributed by atoms with Gasteiger partial charge in [-0.1, -0.05) is 12.1 Å². The Morgan fingerprint density at radius 3 is 2.81 bits per heavy atom. The molecule has 2 rings (SSSR count). The molecule has 4 heteroatoms. The minimum Gasteiger partial charge on any atom is -0.494 e. The maximum Gasteiger partial charge on any atom is 0.119 e. The smallest absolute Gasteiger partial charge is 0.119 e. The summed E-state index contributed by atoms with van der Waals surface area (Å²) in [5, 5.41) is 13.5. The molecule has 4 nitrogen and oxygen atoms in total. The Labute approximate surface area is 128 Å². The molecule has 1 heterocycles. The summed E-state index contributed by atoms with van der Waals surface area (Å²) >= 11 is 0. The maximum atomic E-state index is 10.1. The SMILES string of the molecule is CCOc1cccc(C(C)NCC(O)CN2CCCC2)c1. The Bertz CT molecular complexity index is 419. The lowest BCUT2D eigenvalue weighted by Gasteiger charge is -2.22. The molecule has 0 aromatic heterocycles. The Hall–Kier alpha value is -1.10. The summed E-state index contributed by atoms with van der Waals surface area (Å²) < 4.78 is 5.53. The van der Waals surface area contributed by atoms with Crippen LogP contribution in [0.4, 0.5) is 0 Å². The van der Waals surface area contributed by atoms with Crippen LogP contribution in [-0.4, -0.2) is 48.9 Å². The zero-order chi connectivity index (χ0) is 15.1. The predicted molar refractivity (Wildman–Crippen MR) is 85.7 cm³/mol. The van der Waals surface area contributed by atoms with Crippen molar-refractivity contribution >= 4 is 0 Å². The zero-order valence-electron chi connectivity index (χ0n) is 13.2. The minimum absolute atomic E-state index is 0.207. The topological polar surface area (TPSA) is 44.7 Å². The van der Waals surface area contributed by atoms with E-state index in [1.54, 1.807) is 0 Å². The fraction of sp³-hybridized carbons (Fsp3) is 0.647. The van der Waals surface area contributed by atoms with E-state index in [2.05, 4.69) is 29.3 Å². The van der Waals surface area contributed by atoms with Crippen LogP contribution in [0, 0.1) is 0 Å². The lowest BCUT2D eigenvalue weighted by Crippen LogP contribution is -2.37. The number of hydrogen-bond acceptors (Lipinski definition) is 4. The largest absolute Gasteiger partial charge is 0.494 e. The second-order valence-corrected chi connectivity index (χ2v) is 5.80. The van der Waals surface area contributed by atoms with Gasteiger partial charge in [-0.05, 0) is 57.5 Å². The van der Waals surface area contributed by atoms with Crippen molar-refractivity contribution < 1.29 is 9.84 Å². The van der Waals surface area contributed by atoms with Gasteiger partial charge in [-0.3, -0.25) is 0 Å². The summed E-state index contributed by atoms with van der Waals surface area (Å²) in [6.07, 6.45) is 2.22. The number of aliphatic hydroxyl groups is 1. The first kappa shape index (κ1) is 16.3. The highest BCUT2D eigenvalue weighted by Gasteiger charge is 2.16. The molecule has 2 N–H and O–H groups in total. The number of likely N-dealkylation sites (tertiary alicyclic amines) is 1. The first-order valence-electron chi connectivity index (χ1n) is 8.05. The van der Waals surface area contributed by atoms with Crippen molar-refractivity contribution in [1.82, 2.24) is 10.2 Å². The third-order valence-electron chi connectivity index (χ3n) is 4.00. The molecule has 0 radical (unpaired) electrons. The molecule has 118 valence electrons. The minimum atomic E-state index is -0.305. The summed E-state index contributed by atoms with van der Waals surface area (Å²) in [4.78, 5) is 2.34. The number of ether oxygens (including phenoxy) is 1. The normalized spacial score (nSPS) is 18.6. The van der Waals surface area contributed by atoms with E-state index in [0.29, 0.717) is 13.2 Å². The van der Waals surface area contributed by atoms with E-state index in [1.807, 2.05) is 19.1 Å². The highest BCUT2D eigenvalue weighted by Crippen LogP contribution is 2.19. The average Bonchev–Trinajstić information content (AvgIpc) is 2.98.